The van der Waals surface area contributed by atoms with Crippen molar-refractivity contribution < 1.29 is 0 Å². The molecule has 0 saturated heterocycles. The summed E-state index contributed by atoms with van der Waals surface area (Å²) >= 11 is 1.54. The molecule has 0 amide bonds. The summed E-state index contributed by atoms with van der Waals surface area (Å²) in [7, 11) is 0. The van der Waals surface area contributed by atoms with Crippen molar-refractivity contribution in [1.82, 2.24) is 15.4 Å². The first kappa shape index (κ1) is 11.0. The van der Waals surface area contributed by atoms with Gasteiger partial charge in [0.25, 0.3) is 0 Å². The monoisotopic (exact) mass is 235 g/mol. The molecule has 5 nitrogen and oxygen atoms in total. The fourth-order valence-electron chi connectivity index (χ4n) is 1.47. The van der Waals surface area contributed by atoms with Crippen LogP contribution in [0.4, 0.5) is 5.69 Å². The number of hydrogen-bond acceptors (Lipinski definition) is 6. The van der Waals surface area contributed by atoms with E-state index >= 15 is 0 Å². The fourth-order valence-corrected chi connectivity index (χ4v) is 2.08. The second kappa shape index (κ2) is 5.02. The molecule has 6 heteroatoms. The third-order valence-corrected chi connectivity index (χ3v) is 2.98. The predicted molar refractivity (Wildman–Crippen MR) is 64.5 cm³/mol. The molecule has 2 aromatic heterocycles. The standard InChI is InChI=1S/C10H13N5S/c11-8-1-2-13-4-7(8)3-9(15-12)10-5-16-6-14-10/h1-2,4-6,9,15H,3,12H2,(H2,11,13). The van der Waals surface area contributed by atoms with Crippen molar-refractivity contribution in [2.45, 2.75) is 12.5 Å². The lowest BCUT2D eigenvalue weighted by Gasteiger charge is -2.14. The van der Waals surface area contributed by atoms with E-state index in [4.69, 9.17) is 11.6 Å². The van der Waals surface area contributed by atoms with Gasteiger partial charge in [0.1, 0.15) is 0 Å². The summed E-state index contributed by atoms with van der Waals surface area (Å²) in [5.74, 6) is 5.52. The smallest absolute Gasteiger partial charge is 0.0795 e. The first-order chi connectivity index (χ1) is 7.81. The number of nitrogens with one attached hydrogen (secondary N) is 1. The van der Waals surface area contributed by atoms with Crippen LogP contribution in [0.25, 0.3) is 0 Å². The maximum absolute atomic E-state index is 5.85. The molecule has 0 bridgehead atoms. The van der Waals surface area contributed by atoms with E-state index in [2.05, 4.69) is 15.4 Å². The first-order valence-electron chi connectivity index (χ1n) is 4.84. The second-order valence-corrected chi connectivity index (χ2v) is 4.13. The number of nitrogens with two attached hydrogens (primary N) is 2. The Hall–Kier alpha value is -1.50. The van der Waals surface area contributed by atoms with Crippen molar-refractivity contribution in [3.63, 3.8) is 0 Å². The lowest BCUT2D eigenvalue weighted by atomic mass is 10.1. The van der Waals surface area contributed by atoms with Crippen molar-refractivity contribution >= 4 is 17.0 Å². The first-order valence-corrected chi connectivity index (χ1v) is 5.78. The summed E-state index contributed by atoms with van der Waals surface area (Å²) in [6.07, 6.45) is 4.11. The molecule has 0 aromatic carbocycles. The summed E-state index contributed by atoms with van der Waals surface area (Å²) in [5.41, 5.74) is 13.0. The Kier molecular flexibility index (Phi) is 3.45. The summed E-state index contributed by atoms with van der Waals surface area (Å²) in [6.45, 7) is 0. The van der Waals surface area contributed by atoms with Crippen LogP contribution < -0.4 is 17.0 Å². The van der Waals surface area contributed by atoms with Crippen molar-refractivity contribution in [3.05, 3.63) is 40.6 Å². The maximum atomic E-state index is 5.85. The van der Waals surface area contributed by atoms with Crippen LogP contribution >= 0.6 is 11.3 Å². The van der Waals surface area contributed by atoms with Gasteiger partial charge in [-0.3, -0.25) is 16.3 Å². The topological polar surface area (TPSA) is 89.8 Å². The molecule has 5 N–H and O–H groups in total. The lowest BCUT2D eigenvalue weighted by molar-refractivity contribution is 0.541. The van der Waals surface area contributed by atoms with Crippen molar-refractivity contribution in [1.29, 1.82) is 0 Å². The van der Waals surface area contributed by atoms with E-state index in [9.17, 15) is 0 Å². The van der Waals surface area contributed by atoms with Crippen molar-refractivity contribution in [2.75, 3.05) is 5.73 Å². The van der Waals surface area contributed by atoms with Crippen molar-refractivity contribution in [3.8, 4) is 0 Å². The molecule has 0 aliphatic heterocycles. The normalized spacial score (nSPS) is 12.6. The summed E-state index contributed by atoms with van der Waals surface area (Å²) in [4.78, 5) is 8.28. The number of thiazole rings is 1. The van der Waals surface area contributed by atoms with Gasteiger partial charge in [-0.25, -0.2) is 4.98 Å². The third kappa shape index (κ3) is 2.35. The molecule has 0 aliphatic carbocycles. The highest BCUT2D eigenvalue weighted by molar-refractivity contribution is 7.07. The maximum Gasteiger partial charge on any atom is 0.0795 e. The Morgan fingerprint density at radius 1 is 1.50 bits per heavy atom. The van der Waals surface area contributed by atoms with Crippen LogP contribution in [0, 0.1) is 0 Å². The highest BCUT2D eigenvalue weighted by atomic mass is 32.1. The van der Waals surface area contributed by atoms with E-state index in [0.29, 0.717) is 6.42 Å². The highest BCUT2D eigenvalue weighted by Gasteiger charge is 2.13. The third-order valence-electron chi connectivity index (χ3n) is 2.37. The quantitative estimate of drug-likeness (QED) is 0.540. The molecule has 1 atom stereocenters. The van der Waals surface area contributed by atoms with E-state index in [-0.39, 0.29) is 6.04 Å². The van der Waals surface area contributed by atoms with E-state index in [1.807, 2.05) is 5.38 Å². The van der Waals surface area contributed by atoms with Crippen molar-refractivity contribution in [2.24, 2.45) is 5.84 Å². The van der Waals surface area contributed by atoms with Gasteiger partial charge in [-0.2, -0.15) is 0 Å². The van der Waals surface area contributed by atoms with Gasteiger partial charge in [-0.05, 0) is 18.1 Å². The highest BCUT2D eigenvalue weighted by Crippen LogP contribution is 2.20. The van der Waals surface area contributed by atoms with Crippen LogP contribution in [0.2, 0.25) is 0 Å². The minimum atomic E-state index is -0.0299. The average Bonchev–Trinajstić information content (AvgIpc) is 2.81. The van der Waals surface area contributed by atoms with E-state index in [1.165, 1.54) is 0 Å². The van der Waals surface area contributed by atoms with Gasteiger partial charge < -0.3 is 5.73 Å². The Balaban J connectivity index is 2.17. The van der Waals surface area contributed by atoms with Gasteiger partial charge in [-0.1, -0.05) is 0 Å². The Labute approximate surface area is 97.5 Å². The van der Waals surface area contributed by atoms with Crippen LogP contribution in [0.3, 0.4) is 0 Å². The van der Waals surface area contributed by atoms with Crippen LogP contribution in [-0.2, 0) is 6.42 Å². The van der Waals surface area contributed by atoms with E-state index in [0.717, 1.165) is 16.9 Å². The van der Waals surface area contributed by atoms with Gasteiger partial charge in [0, 0.05) is 23.5 Å². The molecule has 0 radical (unpaired) electrons. The summed E-state index contributed by atoms with van der Waals surface area (Å²) < 4.78 is 0. The zero-order chi connectivity index (χ0) is 11.4. The van der Waals surface area contributed by atoms with Crippen LogP contribution in [-0.4, -0.2) is 9.97 Å². The molecule has 2 rings (SSSR count). The number of nitrogens with zero attached hydrogens (tertiary/aromatic N) is 2. The zero-order valence-corrected chi connectivity index (χ0v) is 9.45. The van der Waals surface area contributed by atoms with E-state index < -0.39 is 0 Å². The Bertz CT molecular complexity index is 442. The minimum absolute atomic E-state index is 0.0299. The molecular weight excluding hydrogens is 222 g/mol. The molecule has 1 unspecified atom stereocenters. The number of nitrogen functional groups attached to an aromatic ring is 1. The molecule has 84 valence electrons. The van der Waals surface area contributed by atoms with Crippen LogP contribution in [0.5, 0.6) is 0 Å². The minimum Gasteiger partial charge on any atom is -0.398 e. The van der Waals surface area contributed by atoms with Crippen LogP contribution in [0.1, 0.15) is 17.3 Å². The summed E-state index contributed by atoms with van der Waals surface area (Å²) in [5, 5.41) is 1.97. The van der Waals surface area contributed by atoms with Gasteiger partial charge >= 0.3 is 0 Å². The second-order valence-electron chi connectivity index (χ2n) is 3.41. The number of anilines is 1. The number of pyridine rings is 1. The number of aromatic nitrogens is 2. The van der Waals surface area contributed by atoms with Gasteiger partial charge in [0.15, 0.2) is 0 Å². The summed E-state index contributed by atoms with van der Waals surface area (Å²) in [6, 6.07) is 1.75. The zero-order valence-electron chi connectivity index (χ0n) is 8.63. The van der Waals surface area contributed by atoms with Gasteiger partial charge in [-0.15, -0.1) is 11.3 Å². The SMILES string of the molecule is NNC(Cc1cnccc1N)c1cscn1. The number of hydrazine groups is 1. The average molecular weight is 235 g/mol. The molecule has 2 aromatic rings. The van der Waals surface area contributed by atoms with Gasteiger partial charge in [0.05, 0.1) is 17.2 Å². The Morgan fingerprint density at radius 3 is 3.00 bits per heavy atom. The molecule has 0 spiro atoms. The Morgan fingerprint density at radius 2 is 2.38 bits per heavy atom. The van der Waals surface area contributed by atoms with Gasteiger partial charge in [0.2, 0.25) is 0 Å². The molecule has 0 aliphatic rings. The fraction of sp³-hybridized carbons (Fsp3) is 0.200. The predicted octanol–water partition coefficient (Wildman–Crippen LogP) is 0.867. The largest absolute Gasteiger partial charge is 0.398 e. The molecule has 0 saturated carbocycles. The number of rotatable bonds is 4. The van der Waals surface area contributed by atoms with E-state index in [1.54, 1.807) is 35.3 Å². The molecule has 0 fully saturated rings. The molecule has 16 heavy (non-hydrogen) atoms. The molecule has 2 heterocycles. The van der Waals surface area contributed by atoms with Crippen LogP contribution in [0.15, 0.2) is 29.4 Å². The lowest BCUT2D eigenvalue weighted by Crippen LogP contribution is -2.30. The molecular formula is C10H13N5S. The number of hydrogen-bond donors (Lipinski definition) is 3.